The van der Waals surface area contributed by atoms with Crippen molar-refractivity contribution in [2.45, 2.75) is 13.5 Å². The van der Waals surface area contributed by atoms with Gasteiger partial charge in [-0.1, -0.05) is 18.2 Å². The van der Waals surface area contributed by atoms with Crippen molar-refractivity contribution >= 4 is 17.2 Å². The average Bonchev–Trinajstić information content (AvgIpc) is 3.14. The van der Waals surface area contributed by atoms with Gasteiger partial charge in [0.2, 0.25) is 0 Å². The predicted molar refractivity (Wildman–Crippen MR) is 105 cm³/mol. The number of amides is 1. The number of aryl methyl sites for hydroxylation is 1. The molecular weight excluding hydrogens is 376 g/mol. The van der Waals surface area contributed by atoms with E-state index in [1.54, 1.807) is 24.3 Å². The second-order valence-electron chi connectivity index (χ2n) is 6.52. The number of nitrogens with zero attached hydrogens (tertiary/aromatic N) is 2. The number of ether oxygens (including phenoxy) is 1. The number of carbonyl (C=O) groups excluding carboxylic acids is 1. The SMILES string of the molecule is Cc1cccn2cc(COc3ccccc3C(=O)Nc3ccc(F)c(F)c3)nc12. The summed E-state index contributed by atoms with van der Waals surface area (Å²) in [5, 5.41) is 2.55. The average molecular weight is 393 g/mol. The van der Waals surface area contributed by atoms with Crippen LogP contribution in [0.4, 0.5) is 14.5 Å². The van der Waals surface area contributed by atoms with E-state index in [-0.39, 0.29) is 17.9 Å². The van der Waals surface area contributed by atoms with Gasteiger partial charge in [0.25, 0.3) is 5.91 Å². The summed E-state index contributed by atoms with van der Waals surface area (Å²) < 4.78 is 34.2. The molecule has 4 aromatic rings. The van der Waals surface area contributed by atoms with Crippen LogP contribution in [0.2, 0.25) is 0 Å². The maximum absolute atomic E-state index is 13.4. The van der Waals surface area contributed by atoms with Crippen LogP contribution in [0.3, 0.4) is 0 Å². The van der Waals surface area contributed by atoms with Gasteiger partial charge in [0, 0.05) is 24.1 Å². The summed E-state index contributed by atoms with van der Waals surface area (Å²) in [6.45, 7) is 2.15. The minimum absolute atomic E-state index is 0.152. The molecule has 2 aromatic carbocycles. The van der Waals surface area contributed by atoms with E-state index in [9.17, 15) is 13.6 Å². The van der Waals surface area contributed by atoms with E-state index in [4.69, 9.17) is 4.74 Å². The van der Waals surface area contributed by atoms with Crippen LogP contribution in [0.15, 0.2) is 67.0 Å². The summed E-state index contributed by atoms with van der Waals surface area (Å²) in [7, 11) is 0. The molecule has 2 heterocycles. The van der Waals surface area contributed by atoms with Crippen molar-refractivity contribution in [3.05, 3.63) is 95.4 Å². The van der Waals surface area contributed by atoms with Crippen LogP contribution in [0.25, 0.3) is 5.65 Å². The Labute approximate surface area is 165 Å². The number of hydrogen-bond acceptors (Lipinski definition) is 3. The molecule has 7 heteroatoms. The molecule has 1 N–H and O–H groups in total. The van der Waals surface area contributed by atoms with Crippen molar-refractivity contribution in [3.63, 3.8) is 0 Å². The highest BCUT2D eigenvalue weighted by molar-refractivity contribution is 6.06. The number of pyridine rings is 1. The molecule has 5 nitrogen and oxygen atoms in total. The molecule has 0 saturated heterocycles. The van der Waals surface area contributed by atoms with Crippen molar-refractivity contribution in [2.24, 2.45) is 0 Å². The second kappa shape index (κ2) is 7.71. The molecule has 1 amide bonds. The highest BCUT2D eigenvalue weighted by atomic mass is 19.2. The number of fused-ring (bicyclic) bond motifs is 1. The maximum atomic E-state index is 13.4. The number of rotatable bonds is 5. The van der Waals surface area contributed by atoms with E-state index < -0.39 is 17.5 Å². The van der Waals surface area contributed by atoms with Crippen molar-refractivity contribution in [1.29, 1.82) is 0 Å². The number of aromatic nitrogens is 2. The fourth-order valence-corrected chi connectivity index (χ4v) is 2.98. The minimum Gasteiger partial charge on any atom is -0.486 e. The molecular formula is C22H17F2N3O2. The summed E-state index contributed by atoms with van der Waals surface area (Å²) in [4.78, 5) is 17.1. The van der Waals surface area contributed by atoms with E-state index in [1.165, 1.54) is 6.07 Å². The van der Waals surface area contributed by atoms with E-state index in [0.29, 0.717) is 5.75 Å². The third kappa shape index (κ3) is 3.94. The molecule has 0 saturated carbocycles. The topological polar surface area (TPSA) is 55.6 Å². The Morgan fingerprint density at radius 3 is 2.72 bits per heavy atom. The Morgan fingerprint density at radius 1 is 1.10 bits per heavy atom. The van der Waals surface area contributed by atoms with Gasteiger partial charge < -0.3 is 14.5 Å². The monoisotopic (exact) mass is 393 g/mol. The fraction of sp³-hybridized carbons (Fsp3) is 0.0909. The smallest absolute Gasteiger partial charge is 0.259 e. The summed E-state index contributed by atoms with van der Waals surface area (Å²) >= 11 is 0. The third-order valence-corrected chi connectivity index (χ3v) is 4.41. The van der Waals surface area contributed by atoms with Gasteiger partial charge in [0.15, 0.2) is 11.6 Å². The lowest BCUT2D eigenvalue weighted by Gasteiger charge is -2.11. The standard InChI is InChI=1S/C22H17F2N3O2/c1-14-5-4-10-27-12-16(25-21(14)27)13-29-20-7-3-2-6-17(20)22(28)26-15-8-9-18(23)19(24)11-15/h2-12H,13H2,1H3,(H,26,28). The van der Waals surface area contributed by atoms with Gasteiger partial charge in [-0.2, -0.15) is 0 Å². The Balaban J connectivity index is 1.52. The molecule has 0 fully saturated rings. The van der Waals surface area contributed by atoms with E-state index >= 15 is 0 Å². The lowest BCUT2D eigenvalue weighted by molar-refractivity contribution is 0.102. The molecule has 146 valence electrons. The van der Waals surface area contributed by atoms with E-state index in [2.05, 4.69) is 10.3 Å². The van der Waals surface area contributed by atoms with E-state index in [1.807, 2.05) is 35.9 Å². The predicted octanol–water partition coefficient (Wildman–Crippen LogP) is 4.75. The van der Waals surface area contributed by atoms with Crippen molar-refractivity contribution in [1.82, 2.24) is 9.38 Å². The number of hydrogen-bond donors (Lipinski definition) is 1. The van der Waals surface area contributed by atoms with Crippen LogP contribution < -0.4 is 10.1 Å². The van der Waals surface area contributed by atoms with Crippen LogP contribution in [0.5, 0.6) is 5.75 Å². The Kier molecular flexibility index (Phi) is 4.95. The van der Waals surface area contributed by atoms with Gasteiger partial charge >= 0.3 is 0 Å². The third-order valence-electron chi connectivity index (χ3n) is 4.41. The van der Waals surface area contributed by atoms with Gasteiger partial charge in [-0.05, 0) is 42.8 Å². The van der Waals surface area contributed by atoms with Crippen LogP contribution in [0.1, 0.15) is 21.6 Å². The quantitative estimate of drug-likeness (QED) is 0.532. The first-order valence-corrected chi connectivity index (χ1v) is 8.93. The molecule has 0 unspecified atom stereocenters. The highest BCUT2D eigenvalue weighted by Crippen LogP contribution is 2.22. The van der Waals surface area contributed by atoms with Gasteiger partial charge in [-0.25, -0.2) is 13.8 Å². The molecule has 0 bridgehead atoms. The van der Waals surface area contributed by atoms with Crippen LogP contribution in [-0.4, -0.2) is 15.3 Å². The lowest BCUT2D eigenvalue weighted by atomic mass is 10.2. The van der Waals surface area contributed by atoms with Crippen LogP contribution in [0, 0.1) is 18.6 Å². The number of carbonyl (C=O) groups is 1. The second-order valence-corrected chi connectivity index (χ2v) is 6.52. The van der Waals surface area contributed by atoms with Crippen LogP contribution >= 0.6 is 0 Å². The zero-order chi connectivity index (χ0) is 20.4. The number of halogens is 2. The Hall–Kier alpha value is -3.74. The van der Waals surface area contributed by atoms with Crippen molar-refractivity contribution in [3.8, 4) is 5.75 Å². The lowest BCUT2D eigenvalue weighted by Crippen LogP contribution is -2.14. The molecule has 0 aliphatic carbocycles. The maximum Gasteiger partial charge on any atom is 0.259 e. The van der Waals surface area contributed by atoms with Gasteiger partial charge in [-0.15, -0.1) is 0 Å². The number of anilines is 1. The van der Waals surface area contributed by atoms with Crippen LogP contribution in [-0.2, 0) is 6.61 Å². The molecule has 2 aromatic heterocycles. The number of nitrogens with one attached hydrogen (secondary N) is 1. The highest BCUT2D eigenvalue weighted by Gasteiger charge is 2.14. The molecule has 0 spiro atoms. The van der Waals surface area contributed by atoms with Gasteiger partial charge in [-0.3, -0.25) is 4.79 Å². The number of benzene rings is 2. The fourth-order valence-electron chi connectivity index (χ4n) is 2.98. The first kappa shape index (κ1) is 18.6. The number of imidazole rings is 1. The first-order valence-electron chi connectivity index (χ1n) is 8.93. The van der Waals surface area contributed by atoms with Crippen molar-refractivity contribution in [2.75, 3.05) is 5.32 Å². The van der Waals surface area contributed by atoms with Gasteiger partial charge in [0.05, 0.1) is 11.3 Å². The largest absolute Gasteiger partial charge is 0.486 e. The molecule has 4 rings (SSSR count). The van der Waals surface area contributed by atoms with Gasteiger partial charge in [0.1, 0.15) is 18.0 Å². The zero-order valence-electron chi connectivity index (χ0n) is 15.5. The molecule has 0 atom stereocenters. The van der Waals surface area contributed by atoms with Crippen molar-refractivity contribution < 1.29 is 18.3 Å². The Bertz CT molecular complexity index is 1200. The summed E-state index contributed by atoms with van der Waals surface area (Å²) in [6, 6.07) is 13.8. The minimum atomic E-state index is -1.03. The van der Waals surface area contributed by atoms with E-state index in [0.717, 1.165) is 29.0 Å². The normalized spacial score (nSPS) is 10.9. The zero-order valence-corrected chi connectivity index (χ0v) is 15.5. The molecule has 0 aliphatic rings. The first-order chi connectivity index (χ1) is 14.0. The summed E-state index contributed by atoms with van der Waals surface area (Å²) in [5.74, 6) is -2.14. The summed E-state index contributed by atoms with van der Waals surface area (Å²) in [6.07, 6.45) is 3.77. The Morgan fingerprint density at radius 2 is 1.93 bits per heavy atom. The molecule has 0 aliphatic heterocycles. The number of para-hydroxylation sites is 1. The molecule has 29 heavy (non-hydrogen) atoms. The molecule has 0 radical (unpaired) electrons. The summed E-state index contributed by atoms with van der Waals surface area (Å²) in [5.41, 5.74) is 3.03.